The summed E-state index contributed by atoms with van der Waals surface area (Å²) in [6.45, 7) is 7.47. The van der Waals surface area contributed by atoms with Crippen LogP contribution in [0.1, 0.15) is 37.7 Å². The monoisotopic (exact) mass is 427 g/mol. The van der Waals surface area contributed by atoms with Crippen LogP contribution in [0.2, 0.25) is 0 Å². The number of nitrogens with zero attached hydrogens (tertiary/aromatic N) is 4. The van der Waals surface area contributed by atoms with Gasteiger partial charge in [-0.3, -0.25) is 14.7 Å². The van der Waals surface area contributed by atoms with E-state index in [9.17, 15) is 4.79 Å². The highest BCUT2D eigenvalue weighted by atomic mass is 16.5. The Hall–Kier alpha value is -2.28. The molecule has 4 rings (SSSR count). The van der Waals surface area contributed by atoms with E-state index in [0.29, 0.717) is 19.0 Å². The number of likely N-dealkylation sites (tertiary alicyclic amines) is 1. The Bertz CT molecular complexity index is 750. The molecule has 170 valence electrons. The lowest BCUT2D eigenvalue weighted by Crippen LogP contribution is -2.54. The number of aliphatic imine (C=N–C) groups is 1. The molecule has 2 heterocycles. The first kappa shape index (κ1) is 21.9. The van der Waals surface area contributed by atoms with Gasteiger partial charge in [0.2, 0.25) is 5.91 Å². The van der Waals surface area contributed by atoms with E-state index in [0.717, 1.165) is 81.9 Å². The third-order valence-corrected chi connectivity index (χ3v) is 6.53. The molecular formula is C24H37N5O2. The fourth-order valence-corrected chi connectivity index (χ4v) is 4.34. The number of hydrogen-bond donors (Lipinski definition) is 1. The Labute approximate surface area is 186 Å². The van der Waals surface area contributed by atoms with Crippen LogP contribution < -0.4 is 10.1 Å². The number of guanidine groups is 1. The first-order valence-corrected chi connectivity index (χ1v) is 11.9. The molecule has 3 fully saturated rings. The molecule has 3 aliphatic rings. The molecule has 0 bridgehead atoms. The summed E-state index contributed by atoms with van der Waals surface area (Å²) in [6, 6.07) is 8.26. The maximum Gasteiger partial charge on any atom is 0.236 e. The second-order valence-electron chi connectivity index (χ2n) is 8.97. The topological polar surface area (TPSA) is 60.4 Å². The van der Waals surface area contributed by atoms with Gasteiger partial charge in [0.15, 0.2) is 5.96 Å². The largest absolute Gasteiger partial charge is 0.493 e. The van der Waals surface area contributed by atoms with Gasteiger partial charge >= 0.3 is 0 Å². The van der Waals surface area contributed by atoms with Crippen LogP contribution in [0.25, 0.3) is 0 Å². The molecule has 2 aliphatic heterocycles. The molecule has 0 radical (unpaired) electrons. The van der Waals surface area contributed by atoms with Crippen molar-refractivity contribution in [3.8, 4) is 5.75 Å². The zero-order chi connectivity index (χ0) is 21.5. The summed E-state index contributed by atoms with van der Waals surface area (Å²) < 4.78 is 6.04. The van der Waals surface area contributed by atoms with E-state index in [1.165, 1.54) is 19.3 Å². The van der Waals surface area contributed by atoms with Gasteiger partial charge in [0.05, 0.1) is 13.2 Å². The maximum atomic E-state index is 12.6. The number of hydrogen-bond acceptors (Lipinski definition) is 4. The van der Waals surface area contributed by atoms with Crippen LogP contribution in [-0.2, 0) is 11.3 Å². The lowest BCUT2D eigenvalue weighted by atomic mass is 10.1. The van der Waals surface area contributed by atoms with E-state index >= 15 is 0 Å². The quantitative estimate of drug-likeness (QED) is 0.534. The van der Waals surface area contributed by atoms with Crippen LogP contribution in [0.5, 0.6) is 5.75 Å². The zero-order valence-corrected chi connectivity index (χ0v) is 18.9. The van der Waals surface area contributed by atoms with Crippen LogP contribution in [0.4, 0.5) is 0 Å². The molecule has 1 N–H and O–H groups in total. The average molecular weight is 428 g/mol. The standard InChI is InChI=1S/C24H37N5O2/c1-25-24(26-17-21-7-3-4-8-22(21)31-19-20-9-10-20)29-15-13-27(14-16-29)18-23(30)28-11-5-2-6-12-28/h3-4,7-8,20H,2,5-6,9-19H2,1H3,(H,25,26). The summed E-state index contributed by atoms with van der Waals surface area (Å²) in [6.07, 6.45) is 6.14. The van der Waals surface area contributed by atoms with Crippen LogP contribution in [0, 0.1) is 5.92 Å². The Balaban J connectivity index is 1.23. The van der Waals surface area contributed by atoms with Crippen LogP contribution >= 0.6 is 0 Å². The molecule has 0 atom stereocenters. The summed E-state index contributed by atoms with van der Waals surface area (Å²) in [7, 11) is 1.84. The number of carbonyl (C=O) groups is 1. The second-order valence-corrected chi connectivity index (χ2v) is 8.97. The lowest BCUT2D eigenvalue weighted by Gasteiger charge is -2.37. The van der Waals surface area contributed by atoms with E-state index < -0.39 is 0 Å². The summed E-state index contributed by atoms with van der Waals surface area (Å²) in [5.74, 6) is 2.92. The van der Waals surface area contributed by atoms with Crippen molar-refractivity contribution in [3.63, 3.8) is 0 Å². The highest BCUT2D eigenvalue weighted by Gasteiger charge is 2.24. The number of carbonyl (C=O) groups excluding carboxylic acids is 1. The molecule has 7 nitrogen and oxygen atoms in total. The van der Waals surface area contributed by atoms with Crippen molar-refractivity contribution in [1.82, 2.24) is 20.0 Å². The van der Waals surface area contributed by atoms with E-state index in [4.69, 9.17) is 4.74 Å². The van der Waals surface area contributed by atoms with Gasteiger partial charge < -0.3 is 19.9 Å². The zero-order valence-electron chi connectivity index (χ0n) is 18.9. The molecule has 7 heteroatoms. The van der Waals surface area contributed by atoms with Gasteiger partial charge in [-0.2, -0.15) is 0 Å². The highest BCUT2D eigenvalue weighted by molar-refractivity contribution is 5.80. The van der Waals surface area contributed by atoms with Gasteiger partial charge in [-0.05, 0) is 44.1 Å². The van der Waals surface area contributed by atoms with E-state index in [2.05, 4.69) is 38.3 Å². The molecule has 1 amide bonds. The number of rotatable bonds is 7. The van der Waals surface area contributed by atoms with Crippen molar-refractivity contribution in [3.05, 3.63) is 29.8 Å². The van der Waals surface area contributed by atoms with Crippen molar-refractivity contribution in [1.29, 1.82) is 0 Å². The lowest BCUT2D eigenvalue weighted by molar-refractivity contribution is -0.133. The van der Waals surface area contributed by atoms with Gasteiger partial charge in [0.1, 0.15) is 5.75 Å². The van der Waals surface area contributed by atoms with Gasteiger partial charge in [-0.1, -0.05) is 18.2 Å². The summed E-state index contributed by atoms with van der Waals surface area (Å²) in [5, 5.41) is 3.51. The third kappa shape index (κ3) is 6.35. The number of para-hydroxylation sites is 1. The number of benzene rings is 1. The number of nitrogens with one attached hydrogen (secondary N) is 1. The minimum Gasteiger partial charge on any atom is -0.493 e. The number of amides is 1. The van der Waals surface area contributed by atoms with Crippen molar-refractivity contribution in [2.24, 2.45) is 10.9 Å². The molecule has 1 aliphatic carbocycles. The molecule has 1 aromatic rings. The van der Waals surface area contributed by atoms with Crippen molar-refractivity contribution in [2.45, 2.75) is 38.6 Å². The predicted molar refractivity (Wildman–Crippen MR) is 123 cm³/mol. The Morgan fingerprint density at radius 1 is 1.03 bits per heavy atom. The summed E-state index contributed by atoms with van der Waals surface area (Å²) in [5.41, 5.74) is 1.16. The molecule has 1 saturated carbocycles. The second kappa shape index (κ2) is 10.8. The minimum absolute atomic E-state index is 0.290. The SMILES string of the molecule is CN=C(NCc1ccccc1OCC1CC1)N1CCN(CC(=O)N2CCCCC2)CC1. The summed E-state index contributed by atoms with van der Waals surface area (Å²) >= 11 is 0. The number of piperazine rings is 1. The molecule has 0 aromatic heterocycles. The Morgan fingerprint density at radius 2 is 1.77 bits per heavy atom. The number of ether oxygens (including phenoxy) is 1. The van der Waals surface area contributed by atoms with E-state index in [1.807, 2.05) is 18.0 Å². The van der Waals surface area contributed by atoms with Crippen LogP contribution in [0.3, 0.4) is 0 Å². The van der Waals surface area contributed by atoms with Crippen molar-refractivity contribution in [2.75, 3.05) is 59.5 Å². The average Bonchev–Trinajstić information content (AvgIpc) is 3.65. The van der Waals surface area contributed by atoms with Gasteiger partial charge in [0, 0.05) is 58.4 Å². The Morgan fingerprint density at radius 3 is 2.48 bits per heavy atom. The number of piperidine rings is 1. The molecular weight excluding hydrogens is 390 g/mol. The highest BCUT2D eigenvalue weighted by Crippen LogP contribution is 2.30. The van der Waals surface area contributed by atoms with Gasteiger partial charge in [-0.15, -0.1) is 0 Å². The molecule has 1 aromatic carbocycles. The summed E-state index contributed by atoms with van der Waals surface area (Å²) in [4.78, 5) is 23.7. The van der Waals surface area contributed by atoms with Crippen molar-refractivity contribution < 1.29 is 9.53 Å². The first-order chi connectivity index (χ1) is 15.2. The third-order valence-electron chi connectivity index (χ3n) is 6.53. The maximum absolute atomic E-state index is 12.6. The van der Waals surface area contributed by atoms with Gasteiger partial charge in [-0.25, -0.2) is 0 Å². The van der Waals surface area contributed by atoms with Crippen LogP contribution in [0.15, 0.2) is 29.3 Å². The smallest absolute Gasteiger partial charge is 0.236 e. The minimum atomic E-state index is 0.290. The van der Waals surface area contributed by atoms with E-state index in [1.54, 1.807) is 0 Å². The molecule has 2 saturated heterocycles. The predicted octanol–water partition coefficient (Wildman–Crippen LogP) is 2.18. The van der Waals surface area contributed by atoms with E-state index in [-0.39, 0.29) is 0 Å². The van der Waals surface area contributed by atoms with Gasteiger partial charge in [0.25, 0.3) is 0 Å². The fraction of sp³-hybridized carbons (Fsp3) is 0.667. The first-order valence-electron chi connectivity index (χ1n) is 11.9. The normalized spacial score (nSPS) is 20.6. The molecule has 0 unspecified atom stereocenters. The fourth-order valence-electron chi connectivity index (χ4n) is 4.34. The molecule has 0 spiro atoms. The molecule has 31 heavy (non-hydrogen) atoms. The van der Waals surface area contributed by atoms with Crippen LogP contribution in [-0.4, -0.2) is 86.0 Å². The Kier molecular flexibility index (Phi) is 7.67. The van der Waals surface area contributed by atoms with Crippen molar-refractivity contribution >= 4 is 11.9 Å².